The number of thiazole rings is 1. The number of likely N-dealkylation sites (N-methyl/N-ethyl adjacent to an activating group) is 1. The third-order valence-corrected chi connectivity index (χ3v) is 6.00. The van der Waals surface area contributed by atoms with Crippen LogP contribution in [0.3, 0.4) is 0 Å². The van der Waals surface area contributed by atoms with E-state index in [4.69, 9.17) is 14.0 Å². The van der Waals surface area contributed by atoms with E-state index in [1.165, 1.54) is 11.3 Å². The van der Waals surface area contributed by atoms with Gasteiger partial charge < -0.3 is 18.9 Å². The lowest BCUT2D eigenvalue weighted by Gasteiger charge is -2.15. The maximum Gasteiger partial charge on any atom is 0.263 e. The van der Waals surface area contributed by atoms with Crippen LogP contribution in [0.5, 0.6) is 17.2 Å². The normalized spacial score (nSPS) is 15.3. The van der Waals surface area contributed by atoms with E-state index in [9.17, 15) is 9.59 Å². The number of aryl methyl sites for hydroxylation is 1. The zero-order valence-electron chi connectivity index (χ0n) is 18.9. The summed E-state index contributed by atoms with van der Waals surface area (Å²) in [7, 11) is 1.73. The first-order valence-electron chi connectivity index (χ1n) is 10.8. The number of hydrogen-bond donors (Lipinski definition) is 1. The Bertz CT molecular complexity index is 1350. The second-order valence-corrected chi connectivity index (χ2v) is 8.81. The minimum atomic E-state index is -0.609. The average Bonchev–Trinajstić information content (AvgIpc) is 3.59. The van der Waals surface area contributed by atoms with Crippen LogP contribution in [-0.2, 0) is 4.79 Å². The highest BCUT2D eigenvalue weighted by atomic mass is 32.1. The van der Waals surface area contributed by atoms with Crippen molar-refractivity contribution in [2.24, 2.45) is 0 Å². The monoisotopic (exact) mass is 491 g/mol. The molecule has 0 bridgehead atoms. The van der Waals surface area contributed by atoms with Gasteiger partial charge in [-0.1, -0.05) is 5.16 Å². The van der Waals surface area contributed by atoms with Gasteiger partial charge in [0.25, 0.3) is 17.7 Å². The molecule has 35 heavy (non-hydrogen) atoms. The van der Waals surface area contributed by atoms with Gasteiger partial charge in [0.1, 0.15) is 17.2 Å². The highest BCUT2D eigenvalue weighted by Gasteiger charge is 2.31. The van der Waals surface area contributed by atoms with Crippen LogP contribution >= 0.6 is 11.3 Å². The second-order valence-electron chi connectivity index (χ2n) is 7.91. The zero-order chi connectivity index (χ0) is 24.4. The van der Waals surface area contributed by atoms with Crippen LogP contribution in [0.15, 0.2) is 58.6 Å². The third-order valence-electron chi connectivity index (χ3n) is 5.32. The third kappa shape index (κ3) is 5.14. The topological polar surface area (TPSA) is 120 Å². The van der Waals surface area contributed by atoms with Gasteiger partial charge in [-0.15, -0.1) is 11.3 Å². The lowest BCUT2D eigenvalue weighted by molar-refractivity contribution is -0.132. The molecule has 1 aliphatic rings. The Morgan fingerprint density at radius 3 is 2.63 bits per heavy atom. The summed E-state index contributed by atoms with van der Waals surface area (Å²) < 4.78 is 17.2. The van der Waals surface area contributed by atoms with E-state index >= 15 is 0 Å². The van der Waals surface area contributed by atoms with Crippen molar-refractivity contribution in [1.29, 1.82) is 0 Å². The number of likely N-dealkylation sites (tertiary alicyclic amines) is 1. The number of rotatable bonds is 7. The summed E-state index contributed by atoms with van der Waals surface area (Å²) in [4.78, 5) is 35.1. The van der Waals surface area contributed by atoms with Gasteiger partial charge >= 0.3 is 0 Å². The molecule has 1 fully saturated rings. The lowest BCUT2D eigenvalue weighted by Crippen LogP contribution is -2.29. The lowest BCUT2D eigenvalue weighted by atomic mass is 10.1. The summed E-state index contributed by atoms with van der Waals surface area (Å²) in [5, 5.41) is 8.79. The SMILES string of the molecule is Cc1noc(-c2ccc(Oc3cc(OC4CCN(C)C4=O)cc(C(=O)Nc4nccs4)c3)cc2)n1. The van der Waals surface area contributed by atoms with Crippen molar-refractivity contribution in [1.82, 2.24) is 20.0 Å². The van der Waals surface area contributed by atoms with Crippen LogP contribution in [0.4, 0.5) is 5.13 Å². The number of carbonyl (C=O) groups is 2. The molecule has 0 spiro atoms. The molecule has 0 saturated carbocycles. The fourth-order valence-corrected chi connectivity index (χ4v) is 4.09. The Kier molecular flexibility index (Phi) is 6.15. The highest BCUT2D eigenvalue weighted by molar-refractivity contribution is 7.13. The molecule has 1 unspecified atom stereocenters. The van der Waals surface area contributed by atoms with Crippen LogP contribution in [0.1, 0.15) is 22.6 Å². The number of nitrogens with zero attached hydrogens (tertiary/aromatic N) is 4. The van der Waals surface area contributed by atoms with Crippen LogP contribution in [0.25, 0.3) is 11.5 Å². The summed E-state index contributed by atoms with van der Waals surface area (Å²) in [5.41, 5.74) is 1.06. The molecular weight excluding hydrogens is 470 g/mol. The molecule has 11 heteroatoms. The largest absolute Gasteiger partial charge is 0.480 e. The van der Waals surface area contributed by atoms with E-state index in [0.29, 0.717) is 52.6 Å². The van der Waals surface area contributed by atoms with Crippen LogP contribution in [-0.4, -0.2) is 51.5 Å². The van der Waals surface area contributed by atoms with Crippen molar-refractivity contribution < 1.29 is 23.6 Å². The summed E-state index contributed by atoms with van der Waals surface area (Å²) in [5.74, 6) is 1.77. The Morgan fingerprint density at radius 1 is 1.17 bits per heavy atom. The number of nitrogens with one attached hydrogen (secondary N) is 1. The molecule has 0 aliphatic carbocycles. The molecule has 4 aromatic rings. The number of anilines is 1. The van der Waals surface area contributed by atoms with Gasteiger partial charge in [-0.2, -0.15) is 4.98 Å². The van der Waals surface area contributed by atoms with Crippen LogP contribution in [0.2, 0.25) is 0 Å². The minimum Gasteiger partial charge on any atom is -0.480 e. The van der Waals surface area contributed by atoms with E-state index in [0.717, 1.165) is 5.56 Å². The molecule has 1 saturated heterocycles. The van der Waals surface area contributed by atoms with Crippen molar-refractivity contribution in [3.63, 3.8) is 0 Å². The maximum atomic E-state index is 12.9. The standard InChI is InChI=1S/C24H21N5O5S/c1-14-26-22(34-28-14)15-3-5-17(6-4-15)32-18-11-16(21(30)27-24-25-8-10-35-24)12-19(13-18)33-20-7-9-29(2)23(20)31/h3-6,8,10-13,20H,7,9H2,1-2H3,(H,25,27,30). The van der Waals surface area contributed by atoms with Gasteiger partial charge in [0.2, 0.25) is 0 Å². The average molecular weight is 492 g/mol. The molecule has 3 heterocycles. The fraction of sp³-hybridized carbons (Fsp3) is 0.208. The van der Waals surface area contributed by atoms with Crippen molar-refractivity contribution in [2.75, 3.05) is 18.9 Å². The molecule has 2 aromatic heterocycles. The van der Waals surface area contributed by atoms with Gasteiger partial charge in [0.05, 0.1) is 0 Å². The highest BCUT2D eigenvalue weighted by Crippen LogP contribution is 2.31. The van der Waals surface area contributed by atoms with E-state index in [1.807, 2.05) is 0 Å². The van der Waals surface area contributed by atoms with Gasteiger partial charge in [0, 0.05) is 48.8 Å². The van der Waals surface area contributed by atoms with Crippen molar-refractivity contribution in [3.8, 4) is 28.7 Å². The first-order chi connectivity index (χ1) is 16.9. The maximum absolute atomic E-state index is 12.9. The Morgan fingerprint density at radius 2 is 1.97 bits per heavy atom. The number of carbonyl (C=O) groups excluding carboxylic acids is 2. The predicted octanol–water partition coefficient (Wildman–Crippen LogP) is 4.16. The summed E-state index contributed by atoms with van der Waals surface area (Å²) in [6.45, 7) is 2.36. The smallest absolute Gasteiger partial charge is 0.263 e. The van der Waals surface area contributed by atoms with Crippen LogP contribution < -0.4 is 14.8 Å². The number of amides is 2. The first kappa shape index (κ1) is 22.5. The Hall–Kier alpha value is -4.25. The molecule has 1 atom stereocenters. The predicted molar refractivity (Wildman–Crippen MR) is 128 cm³/mol. The van der Waals surface area contributed by atoms with Gasteiger partial charge in [0.15, 0.2) is 17.1 Å². The number of hydrogen-bond acceptors (Lipinski definition) is 9. The van der Waals surface area contributed by atoms with Crippen molar-refractivity contribution in [2.45, 2.75) is 19.4 Å². The van der Waals surface area contributed by atoms with Gasteiger partial charge in [-0.3, -0.25) is 14.9 Å². The zero-order valence-corrected chi connectivity index (χ0v) is 19.7. The summed E-state index contributed by atoms with van der Waals surface area (Å²) >= 11 is 1.31. The molecule has 10 nitrogen and oxygen atoms in total. The molecule has 0 radical (unpaired) electrons. The molecule has 1 N–H and O–H groups in total. The Labute approximate surface area is 204 Å². The molecular formula is C24H21N5O5S. The number of aromatic nitrogens is 3. The minimum absolute atomic E-state index is 0.100. The molecule has 5 rings (SSSR count). The van der Waals surface area contributed by atoms with E-state index < -0.39 is 6.10 Å². The first-order valence-corrected chi connectivity index (χ1v) is 11.7. The van der Waals surface area contributed by atoms with Crippen molar-refractivity contribution in [3.05, 3.63) is 65.4 Å². The van der Waals surface area contributed by atoms with E-state index in [2.05, 4.69) is 20.4 Å². The quantitative estimate of drug-likeness (QED) is 0.409. The fourth-order valence-electron chi connectivity index (χ4n) is 3.56. The molecule has 1 aliphatic heterocycles. The molecule has 2 aromatic carbocycles. The van der Waals surface area contributed by atoms with E-state index in [1.54, 1.807) is 72.9 Å². The van der Waals surface area contributed by atoms with E-state index in [-0.39, 0.29) is 11.8 Å². The van der Waals surface area contributed by atoms with Crippen molar-refractivity contribution >= 4 is 28.3 Å². The second kappa shape index (κ2) is 9.55. The van der Waals surface area contributed by atoms with Gasteiger partial charge in [-0.25, -0.2) is 4.98 Å². The Balaban J connectivity index is 1.40. The molecule has 2 amide bonds. The number of benzene rings is 2. The molecule has 178 valence electrons. The summed E-state index contributed by atoms with van der Waals surface area (Å²) in [6.07, 6.45) is 1.57. The number of ether oxygens (including phenoxy) is 2. The van der Waals surface area contributed by atoms with Gasteiger partial charge in [-0.05, 0) is 43.3 Å². The summed E-state index contributed by atoms with van der Waals surface area (Å²) in [6, 6.07) is 12.0. The van der Waals surface area contributed by atoms with Crippen LogP contribution in [0, 0.1) is 6.92 Å².